The second kappa shape index (κ2) is 5.89. The van der Waals surface area contributed by atoms with E-state index in [0.717, 1.165) is 39.3 Å². The van der Waals surface area contributed by atoms with Crippen molar-refractivity contribution >= 4 is 22.2 Å². The van der Waals surface area contributed by atoms with Crippen LogP contribution >= 0.6 is 11.3 Å². The van der Waals surface area contributed by atoms with Gasteiger partial charge in [-0.2, -0.15) is 0 Å². The number of nitrogens with one attached hydrogen (secondary N) is 1. The summed E-state index contributed by atoms with van der Waals surface area (Å²) >= 11 is 1.67. The summed E-state index contributed by atoms with van der Waals surface area (Å²) in [6.45, 7) is 4.01. The van der Waals surface area contributed by atoms with Gasteiger partial charge in [0.15, 0.2) is 0 Å². The van der Waals surface area contributed by atoms with Crippen molar-refractivity contribution in [3.63, 3.8) is 0 Å². The van der Waals surface area contributed by atoms with E-state index in [1.165, 1.54) is 0 Å². The molecule has 2 heterocycles. The molecule has 3 N–H and O–H groups in total. The van der Waals surface area contributed by atoms with Crippen LogP contribution in [0.25, 0.3) is 10.9 Å². The number of hydrazine groups is 1. The van der Waals surface area contributed by atoms with Crippen LogP contribution in [-0.2, 0) is 6.42 Å². The summed E-state index contributed by atoms with van der Waals surface area (Å²) in [5.41, 5.74) is 7.16. The molecule has 1 unspecified atom stereocenters. The van der Waals surface area contributed by atoms with Crippen LogP contribution in [0.3, 0.4) is 0 Å². The van der Waals surface area contributed by atoms with E-state index < -0.39 is 0 Å². The molecule has 0 saturated carbocycles. The van der Waals surface area contributed by atoms with Crippen LogP contribution in [0, 0.1) is 13.8 Å². The predicted molar refractivity (Wildman–Crippen MR) is 87.1 cm³/mol. The molecule has 0 aliphatic rings. The standard InChI is InChI=1S/C16H18N4S/c1-10-3-4-12-7-13(5-6-14(12)18-10)15(20-17)8-16-19-11(2)9-21-16/h3-7,9,15,20H,8,17H2,1-2H3. The predicted octanol–water partition coefficient (Wildman–Crippen LogP) is 3.06. The van der Waals surface area contributed by atoms with Crippen molar-refractivity contribution in [3.8, 4) is 0 Å². The lowest BCUT2D eigenvalue weighted by Gasteiger charge is -2.15. The number of fused-ring (bicyclic) bond motifs is 1. The van der Waals surface area contributed by atoms with Crippen molar-refractivity contribution in [2.75, 3.05) is 0 Å². The first-order valence-electron chi connectivity index (χ1n) is 6.90. The van der Waals surface area contributed by atoms with E-state index in [9.17, 15) is 0 Å². The van der Waals surface area contributed by atoms with Gasteiger partial charge in [-0.3, -0.25) is 16.3 Å². The van der Waals surface area contributed by atoms with E-state index in [0.29, 0.717) is 0 Å². The molecule has 2 aromatic heterocycles. The average Bonchev–Trinajstić information content (AvgIpc) is 2.89. The minimum atomic E-state index is 0.0567. The summed E-state index contributed by atoms with van der Waals surface area (Å²) in [6.07, 6.45) is 0.791. The van der Waals surface area contributed by atoms with Gasteiger partial charge in [-0.1, -0.05) is 12.1 Å². The number of benzene rings is 1. The zero-order valence-corrected chi connectivity index (χ0v) is 12.9. The topological polar surface area (TPSA) is 63.8 Å². The number of hydrogen-bond acceptors (Lipinski definition) is 5. The first kappa shape index (κ1) is 14.1. The summed E-state index contributed by atoms with van der Waals surface area (Å²) in [4.78, 5) is 9.04. The lowest BCUT2D eigenvalue weighted by Crippen LogP contribution is -2.29. The first-order chi connectivity index (χ1) is 10.2. The highest BCUT2D eigenvalue weighted by Crippen LogP contribution is 2.23. The fraction of sp³-hybridized carbons (Fsp3) is 0.250. The Morgan fingerprint density at radius 3 is 2.71 bits per heavy atom. The summed E-state index contributed by atoms with van der Waals surface area (Å²) < 4.78 is 0. The zero-order valence-electron chi connectivity index (χ0n) is 12.1. The van der Waals surface area contributed by atoms with E-state index in [1.807, 2.05) is 19.9 Å². The van der Waals surface area contributed by atoms with E-state index in [1.54, 1.807) is 11.3 Å². The Balaban J connectivity index is 1.91. The molecule has 0 radical (unpaired) electrons. The number of rotatable bonds is 4. The van der Waals surface area contributed by atoms with Gasteiger partial charge in [-0.15, -0.1) is 11.3 Å². The lowest BCUT2D eigenvalue weighted by atomic mass is 10.0. The molecular formula is C16H18N4S. The maximum atomic E-state index is 5.74. The summed E-state index contributed by atoms with van der Waals surface area (Å²) in [5.74, 6) is 5.74. The maximum Gasteiger partial charge on any atom is 0.0947 e. The highest BCUT2D eigenvalue weighted by atomic mass is 32.1. The smallest absolute Gasteiger partial charge is 0.0947 e. The van der Waals surface area contributed by atoms with Gasteiger partial charge in [0.05, 0.1) is 16.6 Å². The van der Waals surface area contributed by atoms with Crippen LogP contribution < -0.4 is 11.3 Å². The van der Waals surface area contributed by atoms with Gasteiger partial charge in [0.25, 0.3) is 0 Å². The second-order valence-electron chi connectivity index (χ2n) is 5.21. The molecular weight excluding hydrogens is 280 g/mol. The Kier molecular flexibility index (Phi) is 3.96. The Morgan fingerprint density at radius 2 is 2.00 bits per heavy atom. The highest BCUT2D eigenvalue weighted by molar-refractivity contribution is 7.09. The van der Waals surface area contributed by atoms with Gasteiger partial charge in [0, 0.05) is 28.6 Å². The van der Waals surface area contributed by atoms with E-state index in [2.05, 4.69) is 45.0 Å². The summed E-state index contributed by atoms with van der Waals surface area (Å²) in [7, 11) is 0. The summed E-state index contributed by atoms with van der Waals surface area (Å²) in [6, 6.07) is 10.5. The van der Waals surface area contributed by atoms with Crippen LogP contribution in [0.15, 0.2) is 35.7 Å². The number of aryl methyl sites for hydroxylation is 2. The van der Waals surface area contributed by atoms with Gasteiger partial charge < -0.3 is 0 Å². The molecule has 0 fully saturated rings. The number of nitrogens with zero attached hydrogens (tertiary/aromatic N) is 2. The van der Waals surface area contributed by atoms with Gasteiger partial charge >= 0.3 is 0 Å². The molecule has 3 aromatic rings. The number of pyridine rings is 1. The first-order valence-corrected chi connectivity index (χ1v) is 7.78. The van der Waals surface area contributed by atoms with Gasteiger partial charge in [-0.25, -0.2) is 4.98 Å². The average molecular weight is 298 g/mol. The molecule has 21 heavy (non-hydrogen) atoms. The zero-order chi connectivity index (χ0) is 14.8. The number of nitrogens with two attached hydrogens (primary N) is 1. The summed E-state index contributed by atoms with van der Waals surface area (Å²) in [5, 5.41) is 4.29. The fourth-order valence-electron chi connectivity index (χ4n) is 2.41. The number of thiazole rings is 1. The van der Waals surface area contributed by atoms with Crippen LogP contribution in [-0.4, -0.2) is 9.97 Å². The van der Waals surface area contributed by atoms with Crippen molar-refractivity contribution in [2.24, 2.45) is 5.84 Å². The van der Waals surface area contributed by atoms with Crippen molar-refractivity contribution in [3.05, 3.63) is 57.7 Å². The second-order valence-corrected chi connectivity index (χ2v) is 6.15. The Morgan fingerprint density at radius 1 is 1.14 bits per heavy atom. The molecule has 0 aliphatic heterocycles. The van der Waals surface area contributed by atoms with E-state index in [-0.39, 0.29) is 6.04 Å². The molecule has 5 heteroatoms. The molecule has 1 atom stereocenters. The molecule has 3 rings (SSSR count). The maximum absolute atomic E-state index is 5.74. The van der Waals surface area contributed by atoms with Gasteiger partial charge in [0.1, 0.15) is 0 Å². The van der Waals surface area contributed by atoms with Crippen molar-refractivity contribution < 1.29 is 0 Å². The quantitative estimate of drug-likeness (QED) is 0.574. The third-order valence-corrected chi connectivity index (χ3v) is 4.49. The van der Waals surface area contributed by atoms with Crippen LogP contribution in [0.5, 0.6) is 0 Å². The van der Waals surface area contributed by atoms with Crippen LogP contribution in [0.4, 0.5) is 0 Å². The normalized spacial score (nSPS) is 12.7. The Bertz CT molecular complexity index is 766. The Labute approximate surface area is 128 Å². The minimum Gasteiger partial charge on any atom is -0.271 e. The number of hydrogen-bond donors (Lipinski definition) is 2. The highest BCUT2D eigenvalue weighted by Gasteiger charge is 2.13. The van der Waals surface area contributed by atoms with Gasteiger partial charge in [-0.05, 0) is 37.6 Å². The van der Waals surface area contributed by atoms with Crippen LogP contribution in [0.2, 0.25) is 0 Å². The molecule has 0 bridgehead atoms. The van der Waals surface area contributed by atoms with Crippen molar-refractivity contribution in [2.45, 2.75) is 26.3 Å². The Hall–Kier alpha value is -1.82. The lowest BCUT2D eigenvalue weighted by molar-refractivity contribution is 0.551. The van der Waals surface area contributed by atoms with E-state index >= 15 is 0 Å². The molecule has 0 amide bonds. The van der Waals surface area contributed by atoms with Gasteiger partial charge in [0.2, 0.25) is 0 Å². The molecule has 0 aliphatic carbocycles. The molecule has 4 nitrogen and oxygen atoms in total. The number of aromatic nitrogens is 2. The third kappa shape index (κ3) is 3.10. The van der Waals surface area contributed by atoms with E-state index in [4.69, 9.17) is 5.84 Å². The molecule has 0 spiro atoms. The van der Waals surface area contributed by atoms with Crippen LogP contribution in [0.1, 0.15) is 28.0 Å². The largest absolute Gasteiger partial charge is 0.271 e. The third-order valence-electron chi connectivity index (χ3n) is 3.50. The molecule has 1 aromatic carbocycles. The SMILES string of the molecule is Cc1csc(CC(NN)c2ccc3nc(C)ccc3c2)n1. The fourth-order valence-corrected chi connectivity index (χ4v) is 3.23. The minimum absolute atomic E-state index is 0.0567. The molecule has 108 valence electrons. The molecule has 0 saturated heterocycles. The van der Waals surface area contributed by atoms with Crippen molar-refractivity contribution in [1.82, 2.24) is 15.4 Å². The van der Waals surface area contributed by atoms with Crippen molar-refractivity contribution in [1.29, 1.82) is 0 Å². The monoisotopic (exact) mass is 298 g/mol.